The van der Waals surface area contributed by atoms with E-state index in [-0.39, 0.29) is 0 Å². The minimum absolute atomic E-state index is 0.460. The second kappa shape index (κ2) is 4.33. The maximum atomic E-state index is 5.53. The number of rotatable bonds is 3. The summed E-state index contributed by atoms with van der Waals surface area (Å²) in [6, 6.07) is 0. The lowest BCUT2D eigenvalue weighted by molar-refractivity contribution is 0.306. The molecule has 0 aromatic rings. The van der Waals surface area contributed by atoms with E-state index in [1.807, 2.05) is 0 Å². The molecule has 0 bridgehead atoms. The quantitative estimate of drug-likeness (QED) is 0.537. The maximum absolute atomic E-state index is 5.53. The summed E-state index contributed by atoms with van der Waals surface area (Å²) in [5, 5.41) is 0. The third kappa shape index (κ3) is 11.0. The van der Waals surface area contributed by atoms with Gasteiger partial charge in [-0.1, -0.05) is 34.8 Å². The summed E-state index contributed by atoms with van der Waals surface area (Å²) in [5.74, 6) is 0. The number of alkyl halides is 3. The Bertz CT molecular complexity index is 102. The van der Waals surface area contributed by atoms with E-state index in [0.717, 1.165) is 0 Å². The van der Waals surface area contributed by atoms with Gasteiger partial charge in [-0.3, -0.25) is 0 Å². The Hall–Kier alpha value is 1.05. The summed E-state index contributed by atoms with van der Waals surface area (Å²) in [6.07, 6.45) is 0.460. The van der Waals surface area contributed by atoms with Crippen molar-refractivity contribution in [2.45, 2.75) is 29.9 Å². The topological polar surface area (TPSA) is 9.23 Å². The lowest BCUT2D eigenvalue weighted by atomic mass is 10.5. The van der Waals surface area contributed by atoms with E-state index in [0.29, 0.717) is 13.0 Å². The van der Waals surface area contributed by atoms with Crippen molar-refractivity contribution < 1.29 is 4.43 Å². The molecule has 0 saturated carbocycles. The molecule has 1 nitrogen and oxygen atoms in total. The van der Waals surface area contributed by atoms with Crippen molar-refractivity contribution in [1.82, 2.24) is 0 Å². The molecule has 11 heavy (non-hydrogen) atoms. The van der Waals surface area contributed by atoms with Crippen molar-refractivity contribution in [3.05, 3.63) is 0 Å². The molecule has 68 valence electrons. The van der Waals surface area contributed by atoms with Crippen molar-refractivity contribution in [3.8, 4) is 0 Å². The van der Waals surface area contributed by atoms with Crippen LogP contribution in [0.1, 0.15) is 6.42 Å². The Labute approximate surface area is 84.1 Å². The van der Waals surface area contributed by atoms with Gasteiger partial charge in [0.25, 0.3) is 0 Å². The fourth-order valence-electron chi connectivity index (χ4n) is 0.473. The van der Waals surface area contributed by atoms with Crippen molar-refractivity contribution >= 4 is 43.1 Å². The van der Waals surface area contributed by atoms with E-state index < -0.39 is 12.1 Å². The van der Waals surface area contributed by atoms with Gasteiger partial charge in [-0.05, 0) is 19.6 Å². The fourth-order valence-corrected chi connectivity index (χ4v) is 1.42. The molecule has 0 aliphatic carbocycles. The van der Waals surface area contributed by atoms with Crippen LogP contribution in [0.5, 0.6) is 0 Å². The van der Waals surface area contributed by atoms with Crippen LogP contribution in [-0.2, 0) is 4.43 Å². The Morgan fingerprint density at radius 2 is 1.64 bits per heavy atom. The Kier molecular flexibility index (Phi) is 4.74. The predicted octanol–water partition coefficient (Wildman–Crippen LogP) is 3.60. The second-order valence-electron chi connectivity index (χ2n) is 3.33. The Balaban J connectivity index is 3.44. The predicted molar refractivity (Wildman–Crippen MR) is 54.2 cm³/mol. The summed E-state index contributed by atoms with van der Waals surface area (Å²) < 4.78 is 4.32. The maximum Gasteiger partial charge on any atom is 0.192 e. The Morgan fingerprint density at radius 1 is 1.18 bits per heavy atom. The van der Waals surface area contributed by atoms with Gasteiger partial charge in [0.15, 0.2) is 12.1 Å². The van der Waals surface area contributed by atoms with Crippen LogP contribution in [0.15, 0.2) is 0 Å². The second-order valence-corrected chi connectivity index (χ2v) is 10.4. The van der Waals surface area contributed by atoms with Gasteiger partial charge < -0.3 is 4.43 Å². The van der Waals surface area contributed by atoms with E-state index in [1.165, 1.54) is 0 Å². The summed E-state index contributed by atoms with van der Waals surface area (Å²) in [5.41, 5.74) is 0. The molecule has 0 saturated heterocycles. The van der Waals surface area contributed by atoms with Crippen molar-refractivity contribution in [2.75, 3.05) is 6.61 Å². The first kappa shape index (κ1) is 12.0. The highest BCUT2D eigenvalue weighted by molar-refractivity contribution is 6.70. The van der Waals surface area contributed by atoms with E-state index >= 15 is 0 Å². The molecule has 0 amide bonds. The molecule has 0 N–H and O–H groups in total. The van der Waals surface area contributed by atoms with Gasteiger partial charge in [0.05, 0.1) is 0 Å². The van der Waals surface area contributed by atoms with Crippen LogP contribution < -0.4 is 0 Å². The van der Waals surface area contributed by atoms with E-state index in [4.69, 9.17) is 39.2 Å². The highest BCUT2D eigenvalue weighted by Crippen LogP contribution is 2.30. The summed E-state index contributed by atoms with van der Waals surface area (Å²) in [6.45, 7) is 6.84. The van der Waals surface area contributed by atoms with Crippen molar-refractivity contribution in [1.29, 1.82) is 0 Å². The average Bonchev–Trinajstić information content (AvgIpc) is 1.55. The van der Waals surface area contributed by atoms with Gasteiger partial charge in [0, 0.05) is 13.0 Å². The van der Waals surface area contributed by atoms with Crippen LogP contribution in [0.4, 0.5) is 0 Å². The highest BCUT2D eigenvalue weighted by Gasteiger charge is 2.21. The zero-order valence-corrected chi connectivity index (χ0v) is 10.2. The van der Waals surface area contributed by atoms with Gasteiger partial charge in [-0.15, -0.1) is 0 Å². The normalized spacial score (nSPS) is 13.6. The first-order chi connectivity index (χ1) is 4.71. The molecule has 0 unspecified atom stereocenters. The van der Waals surface area contributed by atoms with Crippen LogP contribution in [-0.4, -0.2) is 18.7 Å². The number of halogens is 3. The summed E-state index contributed by atoms with van der Waals surface area (Å²) >= 11 is 16.6. The fraction of sp³-hybridized carbons (Fsp3) is 1.00. The largest absolute Gasteiger partial charge is 0.417 e. The smallest absolute Gasteiger partial charge is 0.192 e. The van der Waals surface area contributed by atoms with E-state index in [1.54, 1.807) is 0 Å². The van der Waals surface area contributed by atoms with Crippen LogP contribution in [0.25, 0.3) is 0 Å². The molecule has 0 fully saturated rings. The zero-order valence-electron chi connectivity index (χ0n) is 6.96. The molecule has 0 rings (SSSR count). The van der Waals surface area contributed by atoms with Crippen molar-refractivity contribution in [2.24, 2.45) is 0 Å². The Morgan fingerprint density at radius 3 is 1.91 bits per heavy atom. The molecule has 0 radical (unpaired) electrons. The highest BCUT2D eigenvalue weighted by atomic mass is 35.6. The molecule has 0 aromatic carbocycles. The van der Waals surface area contributed by atoms with E-state index in [2.05, 4.69) is 19.6 Å². The molecule has 0 aliphatic heterocycles. The lowest BCUT2D eigenvalue weighted by Gasteiger charge is -2.18. The number of hydrogen-bond acceptors (Lipinski definition) is 1. The van der Waals surface area contributed by atoms with Gasteiger partial charge in [-0.25, -0.2) is 0 Å². The van der Waals surface area contributed by atoms with Gasteiger partial charge in [0.2, 0.25) is 0 Å². The summed E-state index contributed by atoms with van der Waals surface area (Å²) in [4.78, 5) is 0. The molecule has 0 aromatic heterocycles. The zero-order chi connectivity index (χ0) is 9.12. The first-order valence-electron chi connectivity index (χ1n) is 3.41. The van der Waals surface area contributed by atoms with Crippen LogP contribution in [0, 0.1) is 0 Å². The minimum atomic E-state index is -1.43. The third-order valence-electron chi connectivity index (χ3n) is 0.921. The van der Waals surface area contributed by atoms with Gasteiger partial charge >= 0.3 is 0 Å². The molecule has 0 heterocycles. The standard InChI is InChI=1S/C6H13Cl3OSi/c1-11(2,3)10-5-4-6(7,8)9/h4-5H2,1-3H3. The molecule has 0 spiro atoms. The van der Waals surface area contributed by atoms with Crippen LogP contribution >= 0.6 is 34.8 Å². The molecular weight excluding hydrogens is 223 g/mol. The third-order valence-corrected chi connectivity index (χ3v) is 2.56. The van der Waals surface area contributed by atoms with Crippen LogP contribution in [0.3, 0.4) is 0 Å². The molecule has 0 atom stereocenters. The lowest BCUT2D eigenvalue weighted by Crippen LogP contribution is -2.27. The molecule has 5 heteroatoms. The molecule has 0 aliphatic rings. The van der Waals surface area contributed by atoms with Crippen LogP contribution in [0.2, 0.25) is 19.6 Å². The first-order valence-corrected chi connectivity index (χ1v) is 7.96. The van der Waals surface area contributed by atoms with E-state index in [9.17, 15) is 0 Å². The average molecular weight is 236 g/mol. The van der Waals surface area contributed by atoms with Crippen molar-refractivity contribution in [3.63, 3.8) is 0 Å². The minimum Gasteiger partial charge on any atom is -0.417 e. The van der Waals surface area contributed by atoms with Gasteiger partial charge in [-0.2, -0.15) is 0 Å². The SMILES string of the molecule is C[Si](C)(C)OCCC(Cl)(Cl)Cl. The number of hydrogen-bond donors (Lipinski definition) is 0. The summed E-state index contributed by atoms with van der Waals surface area (Å²) in [7, 11) is -1.43. The molecular formula is C6H13Cl3OSi. The monoisotopic (exact) mass is 234 g/mol. The van der Waals surface area contributed by atoms with Gasteiger partial charge in [0.1, 0.15) is 0 Å².